The number of halogens is 2. The molecule has 39 heavy (non-hydrogen) atoms. The first-order valence-corrected chi connectivity index (χ1v) is 15.2. The standard InChI is InChI=1S/C29H33BrClN3O4S/c1-5-21(3)32-29(36)22(4)33(18-23-7-6-8-25(31)17-23)28(35)19-34(26-13-11-24(30)12-14-26)39(37,38)27-15-9-20(2)10-16-27/h6-17,21-22H,5,18-19H2,1-4H3,(H,32,36)/t21-,22-/m1/s1. The highest BCUT2D eigenvalue weighted by Gasteiger charge is 2.32. The number of amides is 2. The van der Waals surface area contributed by atoms with Crippen molar-refractivity contribution in [1.82, 2.24) is 10.2 Å². The Morgan fingerprint density at radius 2 is 1.64 bits per heavy atom. The van der Waals surface area contributed by atoms with Crippen molar-refractivity contribution in [3.05, 3.63) is 93.4 Å². The van der Waals surface area contributed by atoms with Gasteiger partial charge in [-0.05, 0) is 81.3 Å². The van der Waals surface area contributed by atoms with E-state index in [1.54, 1.807) is 67.6 Å². The van der Waals surface area contributed by atoms with Crippen LogP contribution in [-0.4, -0.2) is 43.8 Å². The monoisotopic (exact) mass is 633 g/mol. The summed E-state index contributed by atoms with van der Waals surface area (Å²) in [5, 5.41) is 3.41. The smallest absolute Gasteiger partial charge is 0.264 e. The van der Waals surface area contributed by atoms with Crippen LogP contribution in [0.5, 0.6) is 0 Å². The number of benzene rings is 3. The van der Waals surface area contributed by atoms with Gasteiger partial charge in [-0.25, -0.2) is 8.42 Å². The number of carbonyl (C=O) groups excluding carboxylic acids is 2. The number of hydrogen-bond donors (Lipinski definition) is 1. The third-order valence-corrected chi connectivity index (χ3v) is 8.96. The van der Waals surface area contributed by atoms with Gasteiger partial charge in [-0.15, -0.1) is 0 Å². The van der Waals surface area contributed by atoms with Crippen molar-refractivity contribution < 1.29 is 18.0 Å². The number of rotatable bonds is 11. The molecule has 0 fully saturated rings. The number of sulfonamides is 1. The summed E-state index contributed by atoms with van der Waals surface area (Å²) >= 11 is 9.56. The van der Waals surface area contributed by atoms with E-state index in [1.807, 2.05) is 20.8 Å². The highest BCUT2D eigenvalue weighted by molar-refractivity contribution is 9.10. The maximum atomic E-state index is 13.9. The molecule has 0 heterocycles. The van der Waals surface area contributed by atoms with Crippen LogP contribution in [0.25, 0.3) is 0 Å². The largest absolute Gasteiger partial charge is 0.352 e. The molecule has 0 aliphatic carbocycles. The van der Waals surface area contributed by atoms with Crippen LogP contribution in [0.15, 0.2) is 82.2 Å². The zero-order valence-corrected chi connectivity index (χ0v) is 25.6. The molecule has 0 bridgehead atoms. The van der Waals surface area contributed by atoms with Crippen molar-refractivity contribution in [2.45, 2.75) is 57.6 Å². The summed E-state index contributed by atoms with van der Waals surface area (Å²) in [6.07, 6.45) is 0.729. The van der Waals surface area contributed by atoms with Gasteiger partial charge in [-0.3, -0.25) is 13.9 Å². The fourth-order valence-corrected chi connectivity index (χ4v) is 5.75. The zero-order valence-electron chi connectivity index (χ0n) is 22.4. The Labute approximate surface area is 244 Å². The van der Waals surface area contributed by atoms with Gasteiger partial charge in [0.25, 0.3) is 10.0 Å². The van der Waals surface area contributed by atoms with Gasteiger partial charge in [0.2, 0.25) is 11.8 Å². The Morgan fingerprint density at radius 1 is 1.00 bits per heavy atom. The predicted octanol–water partition coefficient (Wildman–Crippen LogP) is 5.94. The van der Waals surface area contributed by atoms with E-state index in [9.17, 15) is 18.0 Å². The molecular weight excluding hydrogens is 602 g/mol. The van der Waals surface area contributed by atoms with E-state index in [0.29, 0.717) is 10.7 Å². The minimum atomic E-state index is -4.11. The number of nitrogens with zero attached hydrogens (tertiary/aromatic N) is 2. The molecule has 0 unspecified atom stereocenters. The fourth-order valence-electron chi connectivity index (χ4n) is 3.85. The molecule has 0 aliphatic heterocycles. The molecule has 0 saturated heterocycles. The minimum absolute atomic E-state index is 0.0628. The Morgan fingerprint density at radius 3 is 2.23 bits per heavy atom. The molecule has 0 saturated carbocycles. The predicted molar refractivity (Wildman–Crippen MR) is 159 cm³/mol. The molecule has 208 valence electrons. The molecule has 0 aromatic heterocycles. The van der Waals surface area contributed by atoms with E-state index < -0.39 is 28.5 Å². The topological polar surface area (TPSA) is 86.8 Å². The van der Waals surface area contributed by atoms with E-state index in [1.165, 1.54) is 17.0 Å². The first-order chi connectivity index (χ1) is 18.4. The summed E-state index contributed by atoms with van der Waals surface area (Å²) in [7, 11) is -4.11. The fraction of sp³-hybridized carbons (Fsp3) is 0.310. The van der Waals surface area contributed by atoms with Gasteiger partial charge in [0.05, 0.1) is 10.6 Å². The van der Waals surface area contributed by atoms with Crippen LogP contribution in [0.1, 0.15) is 38.3 Å². The summed E-state index contributed by atoms with van der Waals surface area (Å²) in [6, 6.07) is 19.2. The molecule has 0 spiro atoms. The normalized spacial score (nSPS) is 12.9. The van der Waals surface area contributed by atoms with Crippen molar-refractivity contribution in [2.24, 2.45) is 0 Å². The summed E-state index contributed by atoms with van der Waals surface area (Å²) in [4.78, 5) is 28.5. The van der Waals surface area contributed by atoms with Crippen LogP contribution in [0.4, 0.5) is 5.69 Å². The van der Waals surface area contributed by atoms with Crippen LogP contribution in [0.3, 0.4) is 0 Å². The van der Waals surface area contributed by atoms with Crippen molar-refractivity contribution >= 4 is 55.1 Å². The van der Waals surface area contributed by atoms with Gasteiger partial charge in [0.15, 0.2) is 0 Å². The first-order valence-electron chi connectivity index (χ1n) is 12.6. The molecular formula is C29H33BrClN3O4S. The molecule has 10 heteroatoms. The van der Waals surface area contributed by atoms with Gasteiger partial charge in [-0.1, -0.05) is 64.3 Å². The Balaban J connectivity index is 2.02. The van der Waals surface area contributed by atoms with Gasteiger partial charge in [0, 0.05) is 22.1 Å². The zero-order chi connectivity index (χ0) is 28.7. The Bertz CT molecular complexity index is 1400. The van der Waals surface area contributed by atoms with Crippen LogP contribution in [0.2, 0.25) is 5.02 Å². The Hall–Kier alpha value is -2.88. The number of aryl methyl sites for hydroxylation is 1. The van der Waals surface area contributed by atoms with Crippen LogP contribution < -0.4 is 9.62 Å². The second kappa shape index (κ2) is 13.5. The van der Waals surface area contributed by atoms with E-state index >= 15 is 0 Å². The van der Waals surface area contributed by atoms with Crippen LogP contribution >= 0.6 is 27.5 Å². The third kappa shape index (κ3) is 8.06. The van der Waals surface area contributed by atoms with E-state index in [2.05, 4.69) is 21.2 Å². The molecule has 3 rings (SSSR count). The van der Waals surface area contributed by atoms with Gasteiger partial charge < -0.3 is 10.2 Å². The maximum Gasteiger partial charge on any atom is 0.264 e. The molecule has 7 nitrogen and oxygen atoms in total. The van der Waals surface area contributed by atoms with Crippen LogP contribution in [0, 0.1) is 6.92 Å². The lowest BCUT2D eigenvalue weighted by Crippen LogP contribution is -2.52. The van der Waals surface area contributed by atoms with E-state index in [-0.39, 0.29) is 23.4 Å². The lowest BCUT2D eigenvalue weighted by molar-refractivity contribution is -0.139. The van der Waals surface area contributed by atoms with Crippen molar-refractivity contribution in [3.8, 4) is 0 Å². The van der Waals surface area contributed by atoms with Crippen LogP contribution in [-0.2, 0) is 26.2 Å². The number of hydrogen-bond acceptors (Lipinski definition) is 4. The quantitative estimate of drug-likeness (QED) is 0.283. The van der Waals surface area contributed by atoms with Crippen molar-refractivity contribution in [2.75, 3.05) is 10.8 Å². The van der Waals surface area contributed by atoms with Crippen molar-refractivity contribution in [3.63, 3.8) is 0 Å². The van der Waals surface area contributed by atoms with Gasteiger partial charge >= 0.3 is 0 Å². The van der Waals surface area contributed by atoms with Gasteiger partial charge in [0.1, 0.15) is 12.6 Å². The second-order valence-electron chi connectivity index (χ2n) is 9.45. The minimum Gasteiger partial charge on any atom is -0.352 e. The summed E-state index contributed by atoms with van der Waals surface area (Å²) in [5.41, 5.74) is 1.95. The lowest BCUT2D eigenvalue weighted by atomic mass is 10.1. The molecule has 2 atom stereocenters. The highest BCUT2D eigenvalue weighted by atomic mass is 79.9. The van der Waals surface area contributed by atoms with Crippen molar-refractivity contribution in [1.29, 1.82) is 0 Å². The summed E-state index contributed by atoms with van der Waals surface area (Å²) in [5.74, 6) is -0.850. The molecule has 3 aromatic carbocycles. The molecule has 0 radical (unpaired) electrons. The Kier molecular flexibility index (Phi) is 10.6. The summed E-state index contributed by atoms with van der Waals surface area (Å²) in [6.45, 7) is 6.92. The average molecular weight is 635 g/mol. The first kappa shape index (κ1) is 30.7. The van der Waals surface area contributed by atoms with E-state index in [4.69, 9.17) is 11.6 Å². The van der Waals surface area contributed by atoms with E-state index in [0.717, 1.165) is 26.3 Å². The number of carbonyl (C=O) groups is 2. The SMILES string of the molecule is CC[C@@H](C)NC(=O)[C@@H](C)N(Cc1cccc(Cl)c1)C(=O)CN(c1ccc(Br)cc1)S(=O)(=O)c1ccc(C)cc1. The average Bonchev–Trinajstić information content (AvgIpc) is 2.90. The molecule has 1 N–H and O–H groups in total. The molecule has 3 aromatic rings. The highest BCUT2D eigenvalue weighted by Crippen LogP contribution is 2.26. The maximum absolute atomic E-state index is 13.9. The lowest BCUT2D eigenvalue weighted by Gasteiger charge is -2.32. The molecule has 0 aliphatic rings. The molecule has 2 amide bonds. The third-order valence-electron chi connectivity index (χ3n) is 6.41. The van der Waals surface area contributed by atoms with Gasteiger partial charge in [-0.2, -0.15) is 0 Å². The second-order valence-corrected chi connectivity index (χ2v) is 12.7. The number of anilines is 1. The summed E-state index contributed by atoms with van der Waals surface area (Å²) < 4.78 is 29.5. The number of nitrogens with one attached hydrogen (secondary N) is 1.